The number of amides is 1. The summed E-state index contributed by atoms with van der Waals surface area (Å²) in [7, 11) is 0. The molecule has 3 heterocycles. The molecular weight excluding hydrogens is 380 g/mol. The molecule has 2 aromatic rings. The SMILES string of the molecule is O=C(NC1CC1)[C@@]1(Cc2cscn2)C[C@H]2CC[C@@H]1N2Cc1ccc(F)c(F)c1. The van der Waals surface area contributed by atoms with E-state index in [9.17, 15) is 13.6 Å². The number of nitrogens with one attached hydrogen (secondary N) is 1. The maximum atomic E-state index is 13.7. The zero-order chi connectivity index (χ0) is 19.3. The summed E-state index contributed by atoms with van der Waals surface area (Å²) in [4.78, 5) is 20.1. The highest BCUT2D eigenvalue weighted by molar-refractivity contribution is 7.07. The Hall–Kier alpha value is -1.86. The lowest BCUT2D eigenvalue weighted by atomic mass is 9.70. The molecule has 2 aliphatic heterocycles. The molecule has 1 aromatic carbocycles. The molecule has 2 bridgehead atoms. The van der Waals surface area contributed by atoms with Crippen LogP contribution in [-0.2, 0) is 17.8 Å². The smallest absolute Gasteiger partial charge is 0.228 e. The molecule has 4 nitrogen and oxygen atoms in total. The molecule has 2 saturated heterocycles. The summed E-state index contributed by atoms with van der Waals surface area (Å²) < 4.78 is 27.0. The van der Waals surface area contributed by atoms with E-state index >= 15 is 0 Å². The third-order valence-corrected chi connectivity index (χ3v) is 7.21. The van der Waals surface area contributed by atoms with Gasteiger partial charge in [-0.2, -0.15) is 0 Å². The zero-order valence-electron chi connectivity index (χ0n) is 15.5. The summed E-state index contributed by atoms with van der Waals surface area (Å²) in [6.07, 6.45) is 5.57. The van der Waals surface area contributed by atoms with Crippen molar-refractivity contribution in [3.63, 3.8) is 0 Å². The molecule has 5 rings (SSSR count). The van der Waals surface area contributed by atoms with Crippen molar-refractivity contribution in [1.82, 2.24) is 15.2 Å². The fourth-order valence-electron chi connectivity index (χ4n) is 5.11. The second-order valence-electron chi connectivity index (χ2n) is 8.43. The summed E-state index contributed by atoms with van der Waals surface area (Å²) in [5.41, 5.74) is 3.05. The molecular formula is C21H23F2N3OS. The number of hydrogen-bond acceptors (Lipinski definition) is 4. The lowest BCUT2D eigenvalue weighted by Gasteiger charge is -2.36. The summed E-state index contributed by atoms with van der Waals surface area (Å²) >= 11 is 1.55. The van der Waals surface area contributed by atoms with E-state index in [4.69, 9.17) is 0 Å². The van der Waals surface area contributed by atoms with Gasteiger partial charge in [0.25, 0.3) is 0 Å². The van der Waals surface area contributed by atoms with E-state index in [1.807, 2.05) is 10.9 Å². The van der Waals surface area contributed by atoms with Crippen molar-refractivity contribution in [2.75, 3.05) is 0 Å². The van der Waals surface area contributed by atoms with Gasteiger partial charge >= 0.3 is 0 Å². The number of benzene rings is 1. The van der Waals surface area contributed by atoms with Gasteiger partial charge in [0.05, 0.1) is 16.6 Å². The Kier molecular flexibility index (Phi) is 4.47. The average molecular weight is 403 g/mol. The van der Waals surface area contributed by atoms with Crippen LogP contribution in [0.15, 0.2) is 29.1 Å². The summed E-state index contributed by atoms with van der Waals surface area (Å²) in [5, 5.41) is 5.26. The van der Waals surface area contributed by atoms with Crippen LogP contribution in [0.2, 0.25) is 0 Å². The highest BCUT2D eigenvalue weighted by Gasteiger charge is 2.60. The molecule has 3 atom stereocenters. The van der Waals surface area contributed by atoms with E-state index in [1.165, 1.54) is 12.1 Å². The van der Waals surface area contributed by atoms with Gasteiger partial charge in [0.2, 0.25) is 5.91 Å². The van der Waals surface area contributed by atoms with Crippen LogP contribution < -0.4 is 5.32 Å². The lowest BCUT2D eigenvalue weighted by Crippen LogP contribution is -2.51. The second-order valence-corrected chi connectivity index (χ2v) is 9.15. The fraction of sp³-hybridized carbons (Fsp3) is 0.524. The largest absolute Gasteiger partial charge is 0.353 e. The minimum absolute atomic E-state index is 0.103. The molecule has 0 unspecified atom stereocenters. The van der Waals surface area contributed by atoms with Crippen LogP contribution in [0.3, 0.4) is 0 Å². The quantitative estimate of drug-likeness (QED) is 0.801. The molecule has 1 aromatic heterocycles. The monoisotopic (exact) mass is 403 g/mol. The van der Waals surface area contributed by atoms with E-state index < -0.39 is 17.0 Å². The molecule has 1 saturated carbocycles. The topological polar surface area (TPSA) is 45.2 Å². The Morgan fingerprint density at radius 1 is 1.25 bits per heavy atom. The van der Waals surface area contributed by atoms with Crippen molar-refractivity contribution < 1.29 is 13.6 Å². The summed E-state index contributed by atoms with van der Waals surface area (Å²) in [6.45, 7) is 0.544. The highest BCUT2D eigenvalue weighted by Crippen LogP contribution is 2.52. The van der Waals surface area contributed by atoms with Crippen LogP contribution in [0.25, 0.3) is 0 Å². The molecule has 148 valence electrons. The van der Waals surface area contributed by atoms with Crippen molar-refractivity contribution in [2.45, 2.75) is 63.2 Å². The first-order valence-corrected chi connectivity index (χ1v) is 10.9. The minimum Gasteiger partial charge on any atom is -0.353 e. The van der Waals surface area contributed by atoms with Crippen LogP contribution in [-0.4, -0.2) is 33.9 Å². The Balaban J connectivity index is 1.43. The normalized spacial score (nSPS) is 29.4. The zero-order valence-corrected chi connectivity index (χ0v) is 16.4. The van der Waals surface area contributed by atoms with Gasteiger partial charge in [-0.3, -0.25) is 9.69 Å². The van der Waals surface area contributed by atoms with Crippen molar-refractivity contribution >= 4 is 17.2 Å². The van der Waals surface area contributed by atoms with Crippen molar-refractivity contribution in [1.29, 1.82) is 0 Å². The van der Waals surface area contributed by atoms with Crippen LogP contribution in [0, 0.1) is 17.0 Å². The maximum absolute atomic E-state index is 13.7. The van der Waals surface area contributed by atoms with E-state index in [0.717, 1.165) is 43.4 Å². The van der Waals surface area contributed by atoms with E-state index in [2.05, 4.69) is 15.2 Å². The van der Waals surface area contributed by atoms with Crippen LogP contribution in [0.1, 0.15) is 43.4 Å². The first kappa shape index (κ1) is 18.2. The predicted molar refractivity (Wildman–Crippen MR) is 103 cm³/mol. The first-order chi connectivity index (χ1) is 13.5. The molecule has 3 fully saturated rings. The predicted octanol–water partition coefficient (Wildman–Crippen LogP) is 3.67. The number of thiazole rings is 1. The van der Waals surface area contributed by atoms with Gasteiger partial charge in [0.15, 0.2) is 11.6 Å². The Morgan fingerprint density at radius 3 is 2.82 bits per heavy atom. The Morgan fingerprint density at radius 2 is 2.11 bits per heavy atom. The number of nitrogens with zero attached hydrogens (tertiary/aromatic N) is 2. The molecule has 1 N–H and O–H groups in total. The van der Waals surface area contributed by atoms with Crippen molar-refractivity contribution in [2.24, 2.45) is 5.41 Å². The average Bonchev–Trinajstić information content (AvgIpc) is 3.08. The van der Waals surface area contributed by atoms with Gasteiger partial charge < -0.3 is 5.32 Å². The molecule has 1 aliphatic carbocycles. The Labute approximate surface area is 167 Å². The first-order valence-electron chi connectivity index (χ1n) is 9.93. The van der Waals surface area contributed by atoms with Crippen molar-refractivity contribution in [3.05, 3.63) is 52.0 Å². The van der Waals surface area contributed by atoms with E-state index in [0.29, 0.717) is 25.0 Å². The Bertz CT molecular complexity index is 886. The number of aromatic nitrogens is 1. The second kappa shape index (κ2) is 6.88. The van der Waals surface area contributed by atoms with Crippen LogP contribution in [0.5, 0.6) is 0 Å². The number of carbonyl (C=O) groups is 1. The van der Waals surface area contributed by atoms with Crippen LogP contribution in [0.4, 0.5) is 8.78 Å². The number of carbonyl (C=O) groups excluding carboxylic acids is 1. The third-order valence-electron chi connectivity index (χ3n) is 6.57. The molecule has 0 radical (unpaired) electrons. The highest BCUT2D eigenvalue weighted by atomic mass is 32.1. The van der Waals surface area contributed by atoms with E-state index in [1.54, 1.807) is 17.4 Å². The van der Waals surface area contributed by atoms with Gasteiger partial charge in [-0.25, -0.2) is 13.8 Å². The van der Waals surface area contributed by atoms with Crippen LogP contribution >= 0.6 is 11.3 Å². The number of rotatable bonds is 6. The maximum Gasteiger partial charge on any atom is 0.228 e. The van der Waals surface area contributed by atoms with E-state index in [-0.39, 0.29) is 11.9 Å². The van der Waals surface area contributed by atoms with Gasteiger partial charge in [-0.15, -0.1) is 11.3 Å². The fourth-order valence-corrected chi connectivity index (χ4v) is 5.67. The summed E-state index contributed by atoms with van der Waals surface area (Å²) in [6, 6.07) is 4.82. The minimum atomic E-state index is -0.824. The number of fused-ring (bicyclic) bond motifs is 2. The van der Waals surface area contributed by atoms with Crippen molar-refractivity contribution in [3.8, 4) is 0 Å². The molecule has 0 spiro atoms. The third kappa shape index (κ3) is 3.14. The molecule has 1 amide bonds. The lowest BCUT2D eigenvalue weighted by molar-refractivity contribution is -0.133. The molecule has 28 heavy (non-hydrogen) atoms. The summed E-state index contributed by atoms with van der Waals surface area (Å²) in [5.74, 6) is -1.50. The van der Waals surface area contributed by atoms with Gasteiger partial charge in [-0.05, 0) is 49.8 Å². The molecule has 7 heteroatoms. The van der Waals surface area contributed by atoms with Gasteiger partial charge in [-0.1, -0.05) is 6.07 Å². The number of hydrogen-bond donors (Lipinski definition) is 1. The van der Waals surface area contributed by atoms with Gasteiger partial charge in [0.1, 0.15) is 0 Å². The molecule has 3 aliphatic rings. The number of halogens is 2. The van der Waals surface area contributed by atoms with Gasteiger partial charge in [0, 0.05) is 36.5 Å². The standard InChI is InChI=1S/C21H23F2N3OS/c22-17-5-1-13(7-18(17)23)10-26-16-4-6-19(26)21(9-16,8-15-11-28-12-24-15)20(27)25-14-2-3-14/h1,5,7,11-12,14,16,19H,2-4,6,8-10H2,(H,25,27)/t16-,19+,21+/m1/s1.